The van der Waals surface area contributed by atoms with Gasteiger partial charge in [-0.15, -0.1) is 0 Å². The lowest BCUT2D eigenvalue weighted by Crippen LogP contribution is -2.28. The standard InChI is InChI=1S/C21H22N2O4S/c1-15-19(23-21(27-15)17-6-4-3-5-7-17)13-28(25)14-20(24)22-12-16-8-10-18(26-2)11-9-16/h3-11H,12-14H2,1-2H3,(H,22,24)/t28-/m1/s1. The summed E-state index contributed by atoms with van der Waals surface area (Å²) in [5.41, 5.74) is 2.42. The zero-order chi connectivity index (χ0) is 19.9. The Morgan fingerprint density at radius 3 is 2.54 bits per heavy atom. The van der Waals surface area contributed by atoms with E-state index in [1.807, 2.05) is 54.6 Å². The molecule has 0 aliphatic carbocycles. The second-order valence-electron chi connectivity index (χ2n) is 6.24. The molecular formula is C21H22N2O4S. The van der Waals surface area contributed by atoms with Crippen LogP contribution in [0.25, 0.3) is 11.5 Å². The molecule has 1 atom stereocenters. The number of hydrogen-bond acceptors (Lipinski definition) is 5. The molecule has 1 N–H and O–H groups in total. The lowest BCUT2D eigenvalue weighted by atomic mass is 10.2. The predicted molar refractivity (Wildman–Crippen MR) is 108 cm³/mol. The first kappa shape index (κ1) is 19.8. The topological polar surface area (TPSA) is 81.4 Å². The molecule has 0 radical (unpaired) electrons. The first-order valence-electron chi connectivity index (χ1n) is 8.81. The lowest BCUT2D eigenvalue weighted by molar-refractivity contribution is -0.118. The highest BCUT2D eigenvalue weighted by molar-refractivity contribution is 7.84. The van der Waals surface area contributed by atoms with Gasteiger partial charge in [-0.1, -0.05) is 30.3 Å². The number of rotatable bonds is 8. The van der Waals surface area contributed by atoms with E-state index in [2.05, 4.69) is 10.3 Å². The molecular weight excluding hydrogens is 376 g/mol. The van der Waals surface area contributed by atoms with Gasteiger partial charge in [-0.05, 0) is 36.8 Å². The number of aryl methyl sites for hydroxylation is 1. The van der Waals surface area contributed by atoms with Crippen molar-refractivity contribution < 1.29 is 18.2 Å². The molecule has 1 amide bonds. The van der Waals surface area contributed by atoms with Crippen molar-refractivity contribution in [2.24, 2.45) is 0 Å². The number of carbonyl (C=O) groups excluding carboxylic acids is 1. The average molecular weight is 398 g/mol. The fraction of sp³-hybridized carbons (Fsp3) is 0.238. The third-order valence-corrected chi connectivity index (χ3v) is 5.33. The predicted octanol–water partition coefficient (Wildman–Crippen LogP) is 3.22. The van der Waals surface area contributed by atoms with Crippen molar-refractivity contribution in [3.05, 3.63) is 71.6 Å². The maximum absolute atomic E-state index is 12.4. The molecule has 0 bridgehead atoms. The summed E-state index contributed by atoms with van der Waals surface area (Å²) in [6.45, 7) is 2.16. The van der Waals surface area contributed by atoms with Crippen LogP contribution < -0.4 is 10.1 Å². The molecule has 28 heavy (non-hydrogen) atoms. The highest BCUT2D eigenvalue weighted by atomic mass is 32.2. The summed E-state index contributed by atoms with van der Waals surface area (Å²) in [7, 11) is 0.231. The second-order valence-corrected chi connectivity index (χ2v) is 7.70. The number of nitrogens with zero attached hydrogens (tertiary/aromatic N) is 1. The van der Waals surface area contributed by atoms with Crippen LogP contribution in [0.15, 0.2) is 59.0 Å². The Morgan fingerprint density at radius 1 is 1.14 bits per heavy atom. The number of benzene rings is 2. The molecule has 0 saturated heterocycles. The van der Waals surface area contributed by atoms with E-state index >= 15 is 0 Å². The molecule has 1 aromatic heterocycles. The molecule has 0 aliphatic rings. The zero-order valence-corrected chi connectivity index (χ0v) is 16.6. The van der Waals surface area contributed by atoms with E-state index < -0.39 is 10.8 Å². The Labute approximate surface area is 166 Å². The highest BCUT2D eigenvalue weighted by Gasteiger charge is 2.16. The molecule has 0 spiro atoms. The Hall–Kier alpha value is -2.93. The van der Waals surface area contributed by atoms with Crippen LogP contribution in [-0.4, -0.2) is 28.0 Å². The number of carbonyl (C=O) groups is 1. The quantitative estimate of drug-likeness (QED) is 0.630. The van der Waals surface area contributed by atoms with Gasteiger partial charge in [0.1, 0.15) is 17.3 Å². The monoisotopic (exact) mass is 398 g/mol. The van der Waals surface area contributed by atoms with Crippen molar-refractivity contribution in [3.63, 3.8) is 0 Å². The van der Waals surface area contributed by atoms with Crippen LogP contribution in [0.1, 0.15) is 17.0 Å². The normalized spacial score (nSPS) is 11.8. The number of oxazole rings is 1. The van der Waals surface area contributed by atoms with E-state index in [4.69, 9.17) is 9.15 Å². The van der Waals surface area contributed by atoms with Crippen LogP contribution in [0.3, 0.4) is 0 Å². The molecule has 3 aromatic rings. The number of hydrogen-bond donors (Lipinski definition) is 1. The number of amides is 1. The Morgan fingerprint density at radius 2 is 1.86 bits per heavy atom. The van der Waals surface area contributed by atoms with Gasteiger partial charge in [0, 0.05) is 22.9 Å². The molecule has 0 fully saturated rings. The minimum Gasteiger partial charge on any atom is -0.497 e. The Balaban J connectivity index is 1.52. The van der Waals surface area contributed by atoms with Crippen LogP contribution >= 0.6 is 0 Å². The van der Waals surface area contributed by atoms with Crippen molar-refractivity contribution in [3.8, 4) is 17.2 Å². The van der Waals surface area contributed by atoms with Gasteiger partial charge < -0.3 is 14.5 Å². The van der Waals surface area contributed by atoms with Crippen molar-refractivity contribution >= 4 is 16.7 Å². The van der Waals surface area contributed by atoms with E-state index in [9.17, 15) is 9.00 Å². The van der Waals surface area contributed by atoms with Gasteiger partial charge in [0.25, 0.3) is 0 Å². The maximum atomic E-state index is 12.4. The summed E-state index contributed by atoms with van der Waals surface area (Å²) in [6, 6.07) is 16.9. The third kappa shape index (κ3) is 5.29. The van der Waals surface area contributed by atoms with Crippen LogP contribution in [-0.2, 0) is 27.9 Å². The van der Waals surface area contributed by atoms with Crippen molar-refractivity contribution in [2.45, 2.75) is 19.2 Å². The SMILES string of the molecule is COc1ccc(CNC(=O)C[S@](=O)Cc2nc(-c3ccccc3)oc2C)cc1. The minimum atomic E-state index is -1.37. The summed E-state index contributed by atoms with van der Waals surface area (Å²) >= 11 is 0. The molecule has 2 aromatic carbocycles. The fourth-order valence-corrected chi connectivity index (χ4v) is 3.68. The molecule has 0 saturated carbocycles. The van der Waals surface area contributed by atoms with Gasteiger partial charge >= 0.3 is 0 Å². The summed E-state index contributed by atoms with van der Waals surface area (Å²) in [4.78, 5) is 16.5. The molecule has 3 rings (SSSR count). The van der Waals surface area contributed by atoms with E-state index in [0.29, 0.717) is 23.9 Å². The maximum Gasteiger partial charge on any atom is 0.232 e. The van der Waals surface area contributed by atoms with Crippen LogP contribution in [0.4, 0.5) is 0 Å². The molecule has 1 heterocycles. The summed E-state index contributed by atoms with van der Waals surface area (Å²) in [5, 5.41) is 2.78. The van der Waals surface area contributed by atoms with Gasteiger partial charge in [-0.25, -0.2) is 4.98 Å². The minimum absolute atomic E-state index is 0.0802. The first-order chi connectivity index (χ1) is 13.5. The van der Waals surface area contributed by atoms with Gasteiger partial charge in [0.05, 0.1) is 18.6 Å². The van der Waals surface area contributed by atoms with Crippen molar-refractivity contribution in [2.75, 3.05) is 12.9 Å². The van der Waals surface area contributed by atoms with Gasteiger partial charge in [-0.2, -0.15) is 0 Å². The van der Waals surface area contributed by atoms with E-state index in [-0.39, 0.29) is 17.4 Å². The molecule has 0 aliphatic heterocycles. The Bertz CT molecular complexity index is 952. The van der Waals surface area contributed by atoms with Crippen molar-refractivity contribution in [1.82, 2.24) is 10.3 Å². The van der Waals surface area contributed by atoms with Crippen LogP contribution in [0.2, 0.25) is 0 Å². The van der Waals surface area contributed by atoms with E-state index in [1.165, 1.54) is 0 Å². The smallest absolute Gasteiger partial charge is 0.232 e. The summed E-state index contributed by atoms with van der Waals surface area (Å²) in [5.74, 6) is 1.70. The molecule has 0 unspecified atom stereocenters. The van der Waals surface area contributed by atoms with Gasteiger partial charge in [0.2, 0.25) is 11.8 Å². The fourth-order valence-electron chi connectivity index (χ4n) is 2.61. The van der Waals surface area contributed by atoms with Gasteiger partial charge in [-0.3, -0.25) is 9.00 Å². The van der Waals surface area contributed by atoms with Crippen LogP contribution in [0, 0.1) is 6.92 Å². The average Bonchev–Trinajstić information content (AvgIpc) is 3.07. The van der Waals surface area contributed by atoms with Crippen LogP contribution in [0.5, 0.6) is 5.75 Å². The van der Waals surface area contributed by atoms with Crippen molar-refractivity contribution in [1.29, 1.82) is 0 Å². The number of nitrogens with one attached hydrogen (secondary N) is 1. The number of methoxy groups -OCH3 is 1. The second kappa shape index (κ2) is 9.32. The molecule has 146 valence electrons. The molecule has 6 nitrogen and oxygen atoms in total. The zero-order valence-electron chi connectivity index (χ0n) is 15.8. The van der Waals surface area contributed by atoms with Gasteiger partial charge in [0.15, 0.2) is 0 Å². The number of aromatic nitrogens is 1. The van der Waals surface area contributed by atoms with E-state index in [1.54, 1.807) is 14.0 Å². The molecule has 7 heteroatoms. The largest absolute Gasteiger partial charge is 0.497 e. The highest BCUT2D eigenvalue weighted by Crippen LogP contribution is 2.22. The lowest BCUT2D eigenvalue weighted by Gasteiger charge is -2.06. The Kier molecular flexibility index (Phi) is 6.60. The summed E-state index contributed by atoms with van der Waals surface area (Å²) < 4.78 is 23.1. The third-order valence-electron chi connectivity index (χ3n) is 4.15. The summed E-state index contributed by atoms with van der Waals surface area (Å²) in [6.07, 6.45) is 0. The van der Waals surface area contributed by atoms with E-state index in [0.717, 1.165) is 16.9 Å². The first-order valence-corrected chi connectivity index (χ1v) is 10.3. The number of ether oxygens (including phenoxy) is 1.